The summed E-state index contributed by atoms with van der Waals surface area (Å²) in [5.41, 5.74) is 10.2. The molecule has 0 spiro atoms. The highest BCUT2D eigenvalue weighted by atomic mass is 16.1. The Morgan fingerprint density at radius 1 is 0.308 bits per heavy atom. The topological polar surface area (TPSA) is 65.6 Å². The molecule has 2 aromatic heterocycles. The lowest BCUT2D eigenvalue weighted by molar-refractivity contribution is 0.931. The largest absolute Gasteiger partial charge is 0.338 e. The molecule has 0 bridgehead atoms. The van der Waals surface area contributed by atoms with Crippen molar-refractivity contribution in [1.82, 2.24) is 24.1 Å². The number of benzene rings is 7. The van der Waals surface area contributed by atoms with Gasteiger partial charge in [-0.15, -0.1) is 0 Å². The van der Waals surface area contributed by atoms with E-state index in [9.17, 15) is 4.79 Å². The molecule has 0 aliphatic carbocycles. The van der Waals surface area contributed by atoms with E-state index in [-0.39, 0.29) is 5.69 Å². The molecule has 0 fully saturated rings. The standard InChI is InChI=1S/C46H31N5O/c52-46-50(39-17-9-3-10-18-39)41-30-29-38(31-42(41)51(46)40-19-11-4-12-20-40)34-23-27-37(28-24-34)45-48-43(35-15-7-2-8-16-35)47-44(49-45)36-25-21-33(22-26-36)32-13-5-1-6-14-32/h1-31H. The van der Waals surface area contributed by atoms with Gasteiger partial charge in [0, 0.05) is 16.7 Å². The summed E-state index contributed by atoms with van der Waals surface area (Å²) >= 11 is 0. The molecule has 0 atom stereocenters. The predicted molar refractivity (Wildman–Crippen MR) is 209 cm³/mol. The molecular weight excluding hydrogens is 639 g/mol. The number of hydrogen-bond donors (Lipinski definition) is 0. The highest BCUT2D eigenvalue weighted by molar-refractivity contribution is 5.86. The summed E-state index contributed by atoms with van der Waals surface area (Å²) in [7, 11) is 0. The van der Waals surface area contributed by atoms with Crippen LogP contribution >= 0.6 is 0 Å². The number of imidazole rings is 1. The van der Waals surface area contributed by atoms with Crippen molar-refractivity contribution in [3.63, 3.8) is 0 Å². The average Bonchev–Trinajstić information content (AvgIpc) is 3.52. The van der Waals surface area contributed by atoms with Crippen molar-refractivity contribution in [2.24, 2.45) is 0 Å². The SMILES string of the molecule is O=c1n(-c2ccccc2)c2ccc(-c3ccc(-c4nc(-c5ccccc5)nc(-c5ccc(-c6ccccc6)cc5)n4)cc3)cc2n1-c1ccccc1. The van der Waals surface area contributed by atoms with Crippen LogP contribution in [-0.4, -0.2) is 24.1 Å². The number of aromatic nitrogens is 5. The summed E-state index contributed by atoms with van der Waals surface area (Å²) in [6.45, 7) is 0. The maximum atomic E-state index is 14.0. The highest BCUT2D eigenvalue weighted by Gasteiger charge is 2.18. The van der Waals surface area contributed by atoms with Crippen LogP contribution in [0.5, 0.6) is 0 Å². The van der Waals surface area contributed by atoms with Crippen LogP contribution in [-0.2, 0) is 0 Å². The van der Waals surface area contributed by atoms with Gasteiger partial charge in [0.05, 0.1) is 22.4 Å². The van der Waals surface area contributed by atoms with Gasteiger partial charge in [-0.3, -0.25) is 9.13 Å². The number of nitrogens with zero attached hydrogens (tertiary/aromatic N) is 5. The summed E-state index contributed by atoms with van der Waals surface area (Å²) < 4.78 is 3.55. The third kappa shape index (κ3) is 5.78. The van der Waals surface area contributed by atoms with Crippen LogP contribution in [0.2, 0.25) is 0 Å². The Hall–Kier alpha value is -7.18. The van der Waals surface area contributed by atoms with Gasteiger partial charge in [0.25, 0.3) is 0 Å². The van der Waals surface area contributed by atoms with E-state index in [4.69, 9.17) is 15.0 Å². The monoisotopic (exact) mass is 669 g/mol. The number of rotatable bonds is 7. The van der Waals surface area contributed by atoms with Crippen LogP contribution in [0.1, 0.15) is 0 Å². The summed E-state index contributed by atoms with van der Waals surface area (Å²) in [5.74, 6) is 1.82. The van der Waals surface area contributed by atoms with E-state index in [1.54, 1.807) is 9.13 Å². The van der Waals surface area contributed by atoms with Gasteiger partial charge in [-0.25, -0.2) is 19.7 Å². The van der Waals surface area contributed by atoms with Gasteiger partial charge in [-0.1, -0.05) is 152 Å². The molecule has 52 heavy (non-hydrogen) atoms. The Balaban J connectivity index is 1.11. The minimum Gasteiger partial charge on any atom is -0.260 e. The minimum absolute atomic E-state index is 0.116. The molecule has 9 aromatic rings. The number of hydrogen-bond acceptors (Lipinski definition) is 4. The van der Waals surface area contributed by atoms with E-state index in [0.29, 0.717) is 17.5 Å². The first kappa shape index (κ1) is 30.8. The molecule has 9 rings (SSSR count). The van der Waals surface area contributed by atoms with Crippen LogP contribution in [0, 0.1) is 0 Å². The maximum Gasteiger partial charge on any atom is 0.338 e. The fraction of sp³-hybridized carbons (Fsp3) is 0. The Labute approximate surface area is 300 Å². The smallest absolute Gasteiger partial charge is 0.260 e. The van der Waals surface area contributed by atoms with E-state index >= 15 is 0 Å². The van der Waals surface area contributed by atoms with Crippen molar-refractivity contribution >= 4 is 11.0 Å². The van der Waals surface area contributed by atoms with Crippen molar-refractivity contribution in [3.05, 3.63) is 199 Å². The van der Waals surface area contributed by atoms with Gasteiger partial charge in [-0.2, -0.15) is 0 Å². The Kier molecular flexibility index (Phi) is 7.87. The quantitative estimate of drug-likeness (QED) is 0.169. The fourth-order valence-electron chi connectivity index (χ4n) is 6.64. The molecule has 0 unspecified atom stereocenters. The molecule has 0 aliphatic rings. The van der Waals surface area contributed by atoms with E-state index in [1.165, 1.54) is 0 Å². The predicted octanol–water partition coefficient (Wildman–Crippen LogP) is 10.3. The molecule has 0 saturated heterocycles. The molecule has 7 aromatic carbocycles. The molecule has 0 amide bonds. The van der Waals surface area contributed by atoms with Crippen LogP contribution < -0.4 is 5.69 Å². The summed E-state index contributed by atoms with van der Waals surface area (Å²) in [4.78, 5) is 28.8. The molecule has 246 valence electrons. The summed E-state index contributed by atoms with van der Waals surface area (Å²) in [5, 5.41) is 0. The zero-order valence-corrected chi connectivity index (χ0v) is 28.0. The molecule has 2 heterocycles. The second kappa shape index (κ2) is 13.3. The summed E-state index contributed by atoms with van der Waals surface area (Å²) in [6, 6.07) is 62.6. The average molecular weight is 670 g/mol. The van der Waals surface area contributed by atoms with E-state index in [0.717, 1.165) is 61.4 Å². The third-order valence-electron chi connectivity index (χ3n) is 9.26. The normalized spacial score (nSPS) is 11.2. The van der Waals surface area contributed by atoms with Crippen molar-refractivity contribution in [2.45, 2.75) is 0 Å². The van der Waals surface area contributed by atoms with Crippen molar-refractivity contribution in [3.8, 4) is 67.8 Å². The van der Waals surface area contributed by atoms with E-state index in [1.807, 2.05) is 127 Å². The number of fused-ring (bicyclic) bond motifs is 1. The van der Waals surface area contributed by atoms with Gasteiger partial charge in [0.2, 0.25) is 0 Å². The summed E-state index contributed by atoms with van der Waals surface area (Å²) in [6.07, 6.45) is 0. The Bertz CT molecular complexity index is 2710. The Morgan fingerprint density at radius 3 is 1.12 bits per heavy atom. The first-order valence-electron chi connectivity index (χ1n) is 17.2. The molecule has 6 heteroatoms. The van der Waals surface area contributed by atoms with Gasteiger partial charge in [0.1, 0.15) is 0 Å². The highest BCUT2D eigenvalue weighted by Crippen LogP contribution is 2.31. The molecular formula is C46H31N5O. The number of para-hydroxylation sites is 2. The molecule has 0 N–H and O–H groups in total. The second-order valence-electron chi connectivity index (χ2n) is 12.5. The zero-order chi connectivity index (χ0) is 34.9. The van der Waals surface area contributed by atoms with Crippen LogP contribution in [0.15, 0.2) is 193 Å². The van der Waals surface area contributed by atoms with Crippen LogP contribution in [0.3, 0.4) is 0 Å². The van der Waals surface area contributed by atoms with Crippen molar-refractivity contribution in [1.29, 1.82) is 0 Å². The molecule has 0 aliphatic heterocycles. The molecule has 0 saturated carbocycles. The molecule has 6 nitrogen and oxygen atoms in total. The van der Waals surface area contributed by atoms with Gasteiger partial charge < -0.3 is 0 Å². The fourth-order valence-corrected chi connectivity index (χ4v) is 6.64. The zero-order valence-electron chi connectivity index (χ0n) is 28.0. The third-order valence-corrected chi connectivity index (χ3v) is 9.26. The van der Waals surface area contributed by atoms with Gasteiger partial charge in [0.15, 0.2) is 17.5 Å². The van der Waals surface area contributed by atoms with Crippen LogP contribution in [0.4, 0.5) is 0 Å². The first-order valence-corrected chi connectivity index (χ1v) is 17.2. The second-order valence-corrected chi connectivity index (χ2v) is 12.5. The Morgan fingerprint density at radius 2 is 0.635 bits per heavy atom. The van der Waals surface area contributed by atoms with Crippen molar-refractivity contribution < 1.29 is 0 Å². The van der Waals surface area contributed by atoms with Crippen LogP contribution in [0.25, 0.3) is 78.8 Å². The van der Waals surface area contributed by atoms with E-state index in [2.05, 4.69) is 60.7 Å². The van der Waals surface area contributed by atoms with Gasteiger partial charge in [-0.05, 0) is 58.7 Å². The lowest BCUT2D eigenvalue weighted by Crippen LogP contribution is -2.21. The van der Waals surface area contributed by atoms with Crippen molar-refractivity contribution in [2.75, 3.05) is 0 Å². The van der Waals surface area contributed by atoms with E-state index < -0.39 is 0 Å². The lowest BCUT2D eigenvalue weighted by atomic mass is 10.0. The first-order chi connectivity index (χ1) is 25.7. The minimum atomic E-state index is -0.116. The van der Waals surface area contributed by atoms with Gasteiger partial charge >= 0.3 is 5.69 Å². The lowest BCUT2D eigenvalue weighted by Gasteiger charge is -2.10. The molecule has 0 radical (unpaired) electrons. The maximum absolute atomic E-state index is 14.0.